The molecule has 0 aliphatic rings. The van der Waals surface area contributed by atoms with Gasteiger partial charge in [0.2, 0.25) is 0 Å². The maximum Gasteiger partial charge on any atom is 0.306 e. The van der Waals surface area contributed by atoms with Crippen LogP contribution in [0.4, 0.5) is 0 Å². The molecule has 83 heavy (non-hydrogen) atoms. The Labute approximate surface area is 513 Å². The largest absolute Gasteiger partial charge is 0.462 e. The van der Waals surface area contributed by atoms with Gasteiger partial charge in [0.1, 0.15) is 13.2 Å². The summed E-state index contributed by atoms with van der Waals surface area (Å²) in [6.45, 7) is 6.41. The van der Waals surface area contributed by atoms with E-state index in [2.05, 4.69) is 154 Å². The van der Waals surface area contributed by atoms with E-state index in [0.717, 1.165) is 135 Å². The van der Waals surface area contributed by atoms with Crippen molar-refractivity contribution in [2.24, 2.45) is 0 Å². The summed E-state index contributed by atoms with van der Waals surface area (Å²) in [6, 6.07) is 0. The van der Waals surface area contributed by atoms with Gasteiger partial charge in [0.25, 0.3) is 0 Å². The molecule has 6 nitrogen and oxygen atoms in total. The average Bonchev–Trinajstić information content (AvgIpc) is 3.49. The third-order valence-electron chi connectivity index (χ3n) is 14.7. The highest BCUT2D eigenvalue weighted by molar-refractivity contribution is 5.71. The minimum Gasteiger partial charge on any atom is -0.462 e. The fourth-order valence-corrected chi connectivity index (χ4v) is 9.53. The second-order valence-corrected chi connectivity index (χ2v) is 22.7. The molecule has 0 N–H and O–H groups in total. The lowest BCUT2D eigenvalue weighted by Gasteiger charge is -2.18. The number of esters is 3. The Morgan fingerprint density at radius 3 is 0.747 bits per heavy atom. The van der Waals surface area contributed by atoms with Crippen LogP contribution < -0.4 is 0 Å². The van der Waals surface area contributed by atoms with E-state index in [9.17, 15) is 14.4 Å². The number of carbonyl (C=O) groups excluding carboxylic acids is 3. The molecule has 6 heteroatoms. The fraction of sp³-hybridized carbons (Fsp3) is 0.675. The normalized spacial score (nSPS) is 13.0. The third kappa shape index (κ3) is 68.2. The van der Waals surface area contributed by atoms with Crippen LogP contribution in [-0.4, -0.2) is 37.2 Å². The van der Waals surface area contributed by atoms with Crippen LogP contribution >= 0.6 is 0 Å². The predicted octanol–water partition coefficient (Wildman–Crippen LogP) is 24.1. The molecule has 0 aliphatic heterocycles. The maximum atomic E-state index is 13.0. The van der Waals surface area contributed by atoms with Gasteiger partial charge in [-0.2, -0.15) is 0 Å². The van der Waals surface area contributed by atoms with E-state index < -0.39 is 6.10 Å². The number of hydrogen-bond acceptors (Lipinski definition) is 6. The summed E-state index contributed by atoms with van der Waals surface area (Å²) >= 11 is 0. The molecular weight excluding hydrogens is 1020 g/mol. The topological polar surface area (TPSA) is 78.9 Å². The smallest absolute Gasteiger partial charge is 0.306 e. The Kier molecular flexibility index (Phi) is 66.3. The number of hydrogen-bond donors (Lipinski definition) is 0. The second kappa shape index (κ2) is 70.0. The third-order valence-corrected chi connectivity index (χ3v) is 14.7. The van der Waals surface area contributed by atoms with Crippen molar-refractivity contribution in [2.45, 2.75) is 322 Å². The van der Waals surface area contributed by atoms with E-state index in [0.29, 0.717) is 19.3 Å². The second-order valence-electron chi connectivity index (χ2n) is 22.7. The van der Waals surface area contributed by atoms with Crippen LogP contribution in [0.5, 0.6) is 0 Å². The van der Waals surface area contributed by atoms with E-state index in [1.54, 1.807) is 0 Å². The first-order valence-electron chi connectivity index (χ1n) is 34.7. The van der Waals surface area contributed by atoms with Crippen molar-refractivity contribution in [3.8, 4) is 0 Å². The molecule has 0 heterocycles. The monoisotopic (exact) mass is 1150 g/mol. The molecule has 0 amide bonds. The van der Waals surface area contributed by atoms with Gasteiger partial charge < -0.3 is 14.2 Å². The molecule has 1 atom stereocenters. The maximum absolute atomic E-state index is 13.0. The van der Waals surface area contributed by atoms with Crippen molar-refractivity contribution in [2.75, 3.05) is 13.2 Å². The standard InChI is InChI=1S/C77H128O6/c1-4-7-10-13-16-19-22-25-28-30-32-34-36-38-40-42-44-46-49-52-55-58-61-64-67-70-76(79)82-73-74(72-81-75(78)69-66-63-60-57-54-51-48-27-24-21-18-15-12-9-6-3)83-77(80)71-68-65-62-59-56-53-50-47-45-43-41-39-37-35-33-31-29-26-23-20-17-14-11-8-5-2/h7-8,10-11,16-17,19-20,25-26,28-29,32-35,38,40,44,46,52,55,74H,4-6,9,12-15,18,21-24,27,30-31,36-37,39,41-43,45,47-51,53-54,56-73H2,1-3H3/b10-7-,11-8-,19-16-,20-17-,28-25-,29-26-,34-32-,35-33-,40-38-,46-44-,55-52-. The molecule has 0 aliphatic carbocycles. The highest BCUT2D eigenvalue weighted by Gasteiger charge is 2.19. The van der Waals surface area contributed by atoms with Gasteiger partial charge in [-0.05, 0) is 116 Å². The number of allylic oxidation sites excluding steroid dienone is 22. The lowest BCUT2D eigenvalue weighted by atomic mass is 10.0. The lowest BCUT2D eigenvalue weighted by Crippen LogP contribution is -2.30. The molecule has 0 saturated heterocycles. The Bertz CT molecular complexity index is 1750. The predicted molar refractivity (Wildman–Crippen MR) is 362 cm³/mol. The van der Waals surface area contributed by atoms with Gasteiger partial charge in [0.15, 0.2) is 6.10 Å². The van der Waals surface area contributed by atoms with E-state index in [1.807, 2.05) is 0 Å². The minimum atomic E-state index is -0.798. The Morgan fingerprint density at radius 1 is 0.253 bits per heavy atom. The summed E-state index contributed by atoms with van der Waals surface area (Å²) in [7, 11) is 0. The van der Waals surface area contributed by atoms with E-state index >= 15 is 0 Å². The number of rotatable bonds is 62. The zero-order chi connectivity index (χ0) is 59.9. The Hall–Kier alpha value is -4.45. The van der Waals surface area contributed by atoms with Crippen LogP contribution in [0.3, 0.4) is 0 Å². The van der Waals surface area contributed by atoms with Gasteiger partial charge in [-0.15, -0.1) is 0 Å². The molecule has 0 bridgehead atoms. The summed E-state index contributed by atoms with van der Waals surface area (Å²) < 4.78 is 17.0. The van der Waals surface area contributed by atoms with Gasteiger partial charge in [-0.1, -0.05) is 315 Å². The molecule has 0 rings (SSSR count). The van der Waals surface area contributed by atoms with Crippen molar-refractivity contribution in [1.82, 2.24) is 0 Å². The average molecular weight is 1150 g/mol. The van der Waals surface area contributed by atoms with Gasteiger partial charge in [0.05, 0.1) is 0 Å². The molecule has 0 fully saturated rings. The van der Waals surface area contributed by atoms with Crippen LogP contribution in [0, 0.1) is 0 Å². The van der Waals surface area contributed by atoms with E-state index in [4.69, 9.17) is 14.2 Å². The van der Waals surface area contributed by atoms with E-state index in [1.165, 1.54) is 141 Å². The molecule has 1 unspecified atom stereocenters. The van der Waals surface area contributed by atoms with Crippen molar-refractivity contribution in [3.63, 3.8) is 0 Å². The zero-order valence-electron chi connectivity index (χ0n) is 54.2. The van der Waals surface area contributed by atoms with Gasteiger partial charge in [-0.3, -0.25) is 14.4 Å². The summed E-state index contributed by atoms with van der Waals surface area (Å²) in [5.41, 5.74) is 0. The van der Waals surface area contributed by atoms with Crippen LogP contribution in [0.25, 0.3) is 0 Å². The molecular formula is C77H128O6. The van der Waals surface area contributed by atoms with Crippen LogP contribution in [0.2, 0.25) is 0 Å². The summed E-state index contributed by atoms with van der Waals surface area (Å²) in [4.78, 5) is 38.5. The fourth-order valence-electron chi connectivity index (χ4n) is 9.53. The first-order valence-corrected chi connectivity index (χ1v) is 34.7. The number of ether oxygens (including phenoxy) is 3. The highest BCUT2D eigenvalue weighted by atomic mass is 16.6. The zero-order valence-corrected chi connectivity index (χ0v) is 54.2. The molecule has 0 aromatic heterocycles. The van der Waals surface area contributed by atoms with Crippen LogP contribution in [0.1, 0.15) is 316 Å². The summed E-state index contributed by atoms with van der Waals surface area (Å²) in [5, 5.41) is 0. The highest BCUT2D eigenvalue weighted by Crippen LogP contribution is 2.17. The van der Waals surface area contributed by atoms with Crippen LogP contribution in [0.15, 0.2) is 134 Å². The SMILES string of the molecule is CC/C=C\C/C=C\C/C=C\C/C=C\C/C=C\C/C=C\C/C=C\CCCCCC(=O)OCC(COC(=O)CCCCCCCCCCCCCCCCC)OC(=O)CCCCCCCCCCCCCC/C=C\C/C=C\C/C=C\C/C=C\CC. The number of carbonyl (C=O) groups is 3. The molecule has 0 aromatic carbocycles. The molecule has 0 radical (unpaired) electrons. The molecule has 0 spiro atoms. The molecule has 0 saturated carbocycles. The van der Waals surface area contributed by atoms with Gasteiger partial charge in [0, 0.05) is 19.3 Å². The summed E-state index contributed by atoms with van der Waals surface area (Å²) in [6.07, 6.45) is 98.9. The molecule has 472 valence electrons. The first-order chi connectivity index (χ1) is 41.0. The minimum absolute atomic E-state index is 0.0898. The van der Waals surface area contributed by atoms with Crippen molar-refractivity contribution >= 4 is 17.9 Å². The van der Waals surface area contributed by atoms with E-state index in [-0.39, 0.29) is 31.1 Å². The van der Waals surface area contributed by atoms with Gasteiger partial charge >= 0.3 is 17.9 Å². The van der Waals surface area contributed by atoms with Crippen molar-refractivity contribution in [3.05, 3.63) is 134 Å². The van der Waals surface area contributed by atoms with Crippen molar-refractivity contribution < 1.29 is 28.6 Å². The van der Waals surface area contributed by atoms with Crippen LogP contribution in [-0.2, 0) is 28.6 Å². The number of unbranched alkanes of at least 4 members (excludes halogenated alkanes) is 29. The molecule has 0 aromatic rings. The first kappa shape index (κ1) is 78.5. The summed E-state index contributed by atoms with van der Waals surface area (Å²) in [5.74, 6) is -0.916. The lowest BCUT2D eigenvalue weighted by molar-refractivity contribution is -0.167. The quantitative estimate of drug-likeness (QED) is 0.0261. The van der Waals surface area contributed by atoms with Crippen molar-refractivity contribution in [1.29, 1.82) is 0 Å². The Balaban J connectivity index is 4.42. The Morgan fingerprint density at radius 2 is 0.470 bits per heavy atom. The van der Waals surface area contributed by atoms with Gasteiger partial charge in [-0.25, -0.2) is 0 Å².